The van der Waals surface area contributed by atoms with Gasteiger partial charge in [0.05, 0.1) is 11.5 Å². The van der Waals surface area contributed by atoms with E-state index in [4.69, 9.17) is 5.26 Å². The first kappa shape index (κ1) is 17.0. The maximum Gasteiger partial charge on any atom is 0.222 e. The standard InChI is InChI=1S/C17H30N2O/c1-4-7-15-8-9-16(20)19(13-10-15)12-6-5-11-17(2,3)14-18/h15H,4-13H2,1-3H3. The molecule has 20 heavy (non-hydrogen) atoms. The number of amides is 1. The zero-order valence-electron chi connectivity index (χ0n) is 13.5. The van der Waals surface area contributed by atoms with Crippen molar-refractivity contribution in [2.75, 3.05) is 13.1 Å². The van der Waals surface area contributed by atoms with Crippen LogP contribution in [0.2, 0.25) is 0 Å². The number of nitriles is 1. The summed E-state index contributed by atoms with van der Waals surface area (Å²) in [4.78, 5) is 14.1. The second-order valence-corrected chi connectivity index (χ2v) is 6.82. The van der Waals surface area contributed by atoms with Crippen LogP contribution in [0.4, 0.5) is 0 Å². The molecule has 1 saturated heterocycles. The van der Waals surface area contributed by atoms with E-state index in [1.807, 2.05) is 13.8 Å². The lowest BCUT2D eigenvalue weighted by molar-refractivity contribution is -0.130. The van der Waals surface area contributed by atoms with Crippen molar-refractivity contribution in [3.05, 3.63) is 0 Å². The smallest absolute Gasteiger partial charge is 0.222 e. The van der Waals surface area contributed by atoms with Crippen LogP contribution in [-0.2, 0) is 4.79 Å². The Bertz CT molecular complexity index is 343. The van der Waals surface area contributed by atoms with Gasteiger partial charge in [0.15, 0.2) is 0 Å². The molecule has 0 N–H and O–H groups in total. The minimum absolute atomic E-state index is 0.227. The highest BCUT2D eigenvalue weighted by Gasteiger charge is 2.22. The largest absolute Gasteiger partial charge is 0.343 e. The second kappa shape index (κ2) is 8.29. The van der Waals surface area contributed by atoms with Crippen LogP contribution in [-0.4, -0.2) is 23.9 Å². The highest BCUT2D eigenvalue weighted by Crippen LogP contribution is 2.24. The minimum atomic E-state index is -0.227. The minimum Gasteiger partial charge on any atom is -0.343 e. The van der Waals surface area contributed by atoms with Crippen molar-refractivity contribution in [3.8, 4) is 6.07 Å². The van der Waals surface area contributed by atoms with E-state index in [1.54, 1.807) is 0 Å². The van der Waals surface area contributed by atoms with Gasteiger partial charge in [0.1, 0.15) is 0 Å². The lowest BCUT2D eigenvalue weighted by Gasteiger charge is -2.22. The fraction of sp³-hybridized carbons (Fsp3) is 0.882. The van der Waals surface area contributed by atoms with Crippen LogP contribution in [0.3, 0.4) is 0 Å². The SMILES string of the molecule is CCCC1CCC(=O)N(CCCCC(C)(C)C#N)CC1. The molecule has 1 fully saturated rings. The summed E-state index contributed by atoms with van der Waals surface area (Å²) in [6.07, 6.45) is 8.43. The fourth-order valence-corrected chi connectivity index (χ4v) is 2.95. The van der Waals surface area contributed by atoms with E-state index >= 15 is 0 Å². The number of hydrogen-bond acceptors (Lipinski definition) is 2. The maximum absolute atomic E-state index is 12.1. The monoisotopic (exact) mass is 278 g/mol. The Labute approximate surface area is 124 Å². The Morgan fingerprint density at radius 1 is 1.35 bits per heavy atom. The normalized spacial score (nSPS) is 20.6. The van der Waals surface area contributed by atoms with Crippen molar-refractivity contribution in [2.24, 2.45) is 11.3 Å². The Balaban J connectivity index is 2.29. The van der Waals surface area contributed by atoms with Crippen molar-refractivity contribution in [2.45, 2.75) is 72.1 Å². The molecule has 1 aliphatic rings. The molecule has 1 amide bonds. The van der Waals surface area contributed by atoms with Crippen molar-refractivity contribution in [1.82, 2.24) is 4.90 Å². The fourth-order valence-electron chi connectivity index (χ4n) is 2.95. The van der Waals surface area contributed by atoms with Gasteiger partial charge >= 0.3 is 0 Å². The first-order valence-electron chi connectivity index (χ1n) is 8.17. The van der Waals surface area contributed by atoms with E-state index < -0.39 is 0 Å². The molecule has 0 aromatic heterocycles. The molecule has 0 bridgehead atoms. The molecular formula is C17H30N2O. The summed E-state index contributed by atoms with van der Waals surface area (Å²) < 4.78 is 0. The van der Waals surface area contributed by atoms with Gasteiger partial charge in [-0.15, -0.1) is 0 Å². The highest BCUT2D eigenvalue weighted by atomic mass is 16.2. The van der Waals surface area contributed by atoms with Crippen LogP contribution in [0.5, 0.6) is 0 Å². The molecule has 0 saturated carbocycles. The van der Waals surface area contributed by atoms with Crippen LogP contribution in [0.1, 0.15) is 72.1 Å². The molecule has 1 unspecified atom stereocenters. The van der Waals surface area contributed by atoms with Crippen molar-refractivity contribution >= 4 is 5.91 Å². The van der Waals surface area contributed by atoms with E-state index in [0.717, 1.165) is 51.1 Å². The molecule has 0 aromatic rings. The molecule has 0 spiro atoms. The molecule has 114 valence electrons. The maximum atomic E-state index is 12.1. The van der Waals surface area contributed by atoms with Crippen molar-refractivity contribution in [3.63, 3.8) is 0 Å². The molecule has 0 aliphatic carbocycles. The highest BCUT2D eigenvalue weighted by molar-refractivity contribution is 5.76. The van der Waals surface area contributed by atoms with Gasteiger partial charge in [-0.25, -0.2) is 0 Å². The third kappa shape index (κ3) is 5.94. The summed E-state index contributed by atoms with van der Waals surface area (Å²) in [5.41, 5.74) is -0.227. The van der Waals surface area contributed by atoms with Crippen LogP contribution >= 0.6 is 0 Å². The molecule has 1 heterocycles. The number of hydrogen-bond donors (Lipinski definition) is 0. The van der Waals surface area contributed by atoms with E-state index in [0.29, 0.717) is 5.91 Å². The third-order valence-corrected chi connectivity index (χ3v) is 4.41. The van der Waals surface area contributed by atoms with Gasteiger partial charge in [-0.05, 0) is 45.4 Å². The average Bonchev–Trinajstić information content (AvgIpc) is 2.59. The van der Waals surface area contributed by atoms with E-state index in [9.17, 15) is 4.79 Å². The Morgan fingerprint density at radius 3 is 2.75 bits per heavy atom. The summed E-state index contributed by atoms with van der Waals surface area (Å²) in [6, 6.07) is 2.34. The molecule has 1 aliphatic heterocycles. The lowest BCUT2D eigenvalue weighted by Crippen LogP contribution is -2.31. The Kier molecular flexibility index (Phi) is 7.05. The van der Waals surface area contributed by atoms with E-state index in [2.05, 4.69) is 17.9 Å². The van der Waals surface area contributed by atoms with Gasteiger partial charge in [-0.2, -0.15) is 5.26 Å². The predicted octanol–water partition coefficient (Wildman–Crippen LogP) is 4.14. The van der Waals surface area contributed by atoms with Gasteiger partial charge in [-0.1, -0.05) is 26.2 Å². The molecular weight excluding hydrogens is 248 g/mol. The van der Waals surface area contributed by atoms with Gasteiger partial charge in [0, 0.05) is 19.5 Å². The zero-order valence-corrected chi connectivity index (χ0v) is 13.5. The van der Waals surface area contributed by atoms with Crippen molar-refractivity contribution < 1.29 is 4.79 Å². The van der Waals surface area contributed by atoms with Gasteiger partial charge in [0.2, 0.25) is 5.91 Å². The number of carbonyl (C=O) groups excluding carboxylic acids is 1. The summed E-state index contributed by atoms with van der Waals surface area (Å²) >= 11 is 0. The number of carbonyl (C=O) groups is 1. The molecule has 3 nitrogen and oxygen atoms in total. The number of rotatable bonds is 7. The molecule has 1 atom stereocenters. The number of unbranched alkanes of at least 4 members (excludes halogenated alkanes) is 1. The summed E-state index contributed by atoms with van der Waals surface area (Å²) in [6.45, 7) is 8.00. The molecule has 0 aromatic carbocycles. The Hall–Kier alpha value is -1.04. The third-order valence-electron chi connectivity index (χ3n) is 4.41. The van der Waals surface area contributed by atoms with Gasteiger partial charge in [0.25, 0.3) is 0 Å². The quantitative estimate of drug-likeness (QED) is 0.657. The van der Waals surface area contributed by atoms with E-state index in [1.165, 1.54) is 19.3 Å². The van der Waals surface area contributed by atoms with Crippen LogP contribution in [0.15, 0.2) is 0 Å². The summed E-state index contributed by atoms with van der Waals surface area (Å²) in [5.74, 6) is 1.08. The van der Waals surface area contributed by atoms with Gasteiger partial charge in [-0.3, -0.25) is 4.79 Å². The van der Waals surface area contributed by atoms with Crippen LogP contribution in [0.25, 0.3) is 0 Å². The molecule has 3 heteroatoms. The van der Waals surface area contributed by atoms with Crippen molar-refractivity contribution in [1.29, 1.82) is 5.26 Å². The average molecular weight is 278 g/mol. The lowest BCUT2D eigenvalue weighted by atomic mass is 9.89. The predicted molar refractivity (Wildman–Crippen MR) is 82.1 cm³/mol. The zero-order chi connectivity index (χ0) is 15.0. The second-order valence-electron chi connectivity index (χ2n) is 6.82. The summed E-state index contributed by atoms with van der Waals surface area (Å²) in [7, 11) is 0. The van der Waals surface area contributed by atoms with Gasteiger partial charge < -0.3 is 4.90 Å². The number of nitrogens with zero attached hydrogens (tertiary/aromatic N) is 2. The van der Waals surface area contributed by atoms with E-state index in [-0.39, 0.29) is 5.41 Å². The molecule has 0 radical (unpaired) electrons. The summed E-state index contributed by atoms with van der Waals surface area (Å²) in [5, 5.41) is 8.99. The topological polar surface area (TPSA) is 44.1 Å². The first-order chi connectivity index (χ1) is 9.48. The van der Waals surface area contributed by atoms with Crippen LogP contribution < -0.4 is 0 Å². The molecule has 1 rings (SSSR count). The number of likely N-dealkylation sites (tertiary alicyclic amines) is 1. The Morgan fingerprint density at radius 2 is 2.10 bits per heavy atom. The van der Waals surface area contributed by atoms with Crippen LogP contribution in [0, 0.1) is 22.7 Å². The first-order valence-corrected chi connectivity index (χ1v) is 8.17.